The molecule has 0 bridgehead atoms. The third-order valence-electron chi connectivity index (χ3n) is 6.98. The maximum absolute atomic E-state index is 13.3. The van der Waals surface area contributed by atoms with Crippen LogP contribution in [0.3, 0.4) is 0 Å². The fourth-order valence-electron chi connectivity index (χ4n) is 5.04. The van der Waals surface area contributed by atoms with Crippen LogP contribution in [-0.2, 0) is 29.3 Å². The first-order chi connectivity index (χ1) is 15.9. The Morgan fingerprint density at radius 2 is 1.42 bits per heavy atom. The largest absolute Gasteiger partial charge is 0.374 e. The van der Waals surface area contributed by atoms with E-state index in [-0.39, 0.29) is 0 Å². The van der Waals surface area contributed by atoms with Gasteiger partial charge in [0, 0.05) is 50.8 Å². The van der Waals surface area contributed by atoms with Crippen LogP contribution in [0.1, 0.15) is 23.1 Å². The summed E-state index contributed by atoms with van der Waals surface area (Å²) in [6, 6.07) is 22.7. The van der Waals surface area contributed by atoms with Gasteiger partial charge in [-0.2, -0.15) is 0 Å². The zero-order valence-electron chi connectivity index (χ0n) is 19.4. The highest BCUT2D eigenvalue weighted by Gasteiger charge is 2.25. The van der Waals surface area contributed by atoms with Gasteiger partial charge in [-0.15, -0.1) is 0 Å². The summed E-state index contributed by atoms with van der Waals surface area (Å²) in [6.07, 6.45) is 3.75. The molecule has 2 heterocycles. The lowest BCUT2D eigenvalue weighted by molar-refractivity contribution is 0.463. The number of hydrogen-bond acceptors (Lipinski definition) is 4. The van der Waals surface area contributed by atoms with Crippen LogP contribution in [-0.4, -0.2) is 46.5 Å². The van der Waals surface area contributed by atoms with E-state index in [0.29, 0.717) is 11.4 Å². The molecule has 5 rings (SSSR count). The van der Waals surface area contributed by atoms with Crippen molar-refractivity contribution in [2.75, 3.05) is 43.5 Å². The van der Waals surface area contributed by atoms with Crippen molar-refractivity contribution < 1.29 is 8.42 Å². The zero-order valence-corrected chi connectivity index (χ0v) is 20.2. The summed E-state index contributed by atoms with van der Waals surface area (Å²) in [5, 5.41) is 0. The molecule has 0 unspecified atom stereocenters. The smallest absolute Gasteiger partial charge is 0.242 e. The van der Waals surface area contributed by atoms with Crippen LogP contribution in [0.5, 0.6) is 0 Å². The summed E-state index contributed by atoms with van der Waals surface area (Å²) in [6.45, 7) is 2.17. The van der Waals surface area contributed by atoms with Gasteiger partial charge < -0.3 is 9.80 Å². The van der Waals surface area contributed by atoms with Crippen molar-refractivity contribution >= 4 is 27.1 Å². The minimum absolute atomic E-state index is 0.378. The highest BCUT2D eigenvalue weighted by Crippen LogP contribution is 2.36. The van der Waals surface area contributed by atoms with Crippen molar-refractivity contribution in [3.63, 3.8) is 0 Å². The van der Waals surface area contributed by atoms with Gasteiger partial charge >= 0.3 is 0 Å². The Hall–Kier alpha value is -2.83. The highest BCUT2D eigenvalue weighted by molar-refractivity contribution is 7.89. The molecule has 3 aromatic carbocycles. The lowest BCUT2D eigenvalue weighted by Crippen LogP contribution is -2.30. The lowest BCUT2D eigenvalue weighted by Gasteiger charge is -2.28. The van der Waals surface area contributed by atoms with Gasteiger partial charge in [0.2, 0.25) is 10.0 Å². The highest BCUT2D eigenvalue weighted by atomic mass is 32.2. The van der Waals surface area contributed by atoms with Gasteiger partial charge in [0.1, 0.15) is 0 Å². The van der Waals surface area contributed by atoms with Gasteiger partial charge in [0.15, 0.2) is 0 Å². The molecule has 0 aromatic heterocycles. The minimum atomic E-state index is -3.53. The molecule has 0 N–H and O–H groups in total. The number of fused-ring (bicyclic) bond motifs is 3. The fourth-order valence-corrected chi connectivity index (χ4v) is 6.27. The predicted octanol–water partition coefficient (Wildman–Crippen LogP) is 4.63. The van der Waals surface area contributed by atoms with E-state index in [0.717, 1.165) is 44.5 Å². The molecule has 3 aromatic rings. The molecule has 0 aliphatic carbocycles. The summed E-state index contributed by atoms with van der Waals surface area (Å²) in [7, 11) is 0.181. The normalized spacial score (nSPS) is 15.2. The van der Waals surface area contributed by atoms with Gasteiger partial charge in [0.25, 0.3) is 0 Å². The summed E-state index contributed by atoms with van der Waals surface area (Å²) in [4.78, 5) is 4.87. The van der Waals surface area contributed by atoms with Crippen LogP contribution in [0.15, 0.2) is 71.6 Å². The zero-order chi connectivity index (χ0) is 23.0. The maximum atomic E-state index is 13.3. The van der Waals surface area contributed by atoms with E-state index in [1.165, 1.54) is 32.4 Å². The van der Waals surface area contributed by atoms with Gasteiger partial charge in [-0.1, -0.05) is 42.5 Å². The van der Waals surface area contributed by atoms with Crippen LogP contribution < -0.4 is 9.80 Å². The minimum Gasteiger partial charge on any atom is -0.374 e. The molecule has 2 aliphatic heterocycles. The average molecular weight is 462 g/mol. The molecule has 2 aliphatic rings. The topological polar surface area (TPSA) is 43.9 Å². The van der Waals surface area contributed by atoms with Crippen LogP contribution in [0.2, 0.25) is 0 Å². The SMILES string of the molecule is CN1CCc2ccc(S(=O)(=O)N(C)CCCN3c4ccccc4CCc4ccccc43)cc21. The van der Waals surface area contributed by atoms with Crippen LogP contribution >= 0.6 is 0 Å². The number of benzene rings is 3. The molecule has 0 saturated carbocycles. The first-order valence-electron chi connectivity index (χ1n) is 11.7. The van der Waals surface area contributed by atoms with Crippen molar-refractivity contribution in [2.45, 2.75) is 30.6 Å². The number of aryl methyl sites for hydroxylation is 2. The first kappa shape index (κ1) is 22.0. The number of para-hydroxylation sites is 2. The molecule has 0 saturated heterocycles. The van der Waals surface area contributed by atoms with Crippen LogP contribution in [0.4, 0.5) is 17.1 Å². The van der Waals surface area contributed by atoms with Crippen molar-refractivity contribution in [2.24, 2.45) is 0 Å². The molecule has 33 heavy (non-hydrogen) atoms. The van der Waals surface area contributed by atoms with Gasteiger partial charge in [-0.25, -0.2) is 12.7 Å². The second kappa shape index (κ2) is 8.84. The molecule has 5 nitrogen and oxygen atoms in total. The van der Waals surface area contributed by atoms with Crippen molar-refractivity contribution in [1.82, 2.24) is 4.31 Å². The summed E-state index contributed by atoms with van der Waals surface area (Å²) in [5.74, 6) is 0. The average Bonchev–Trinajstić information content (AvgIpc) is 3.12. The molecular formula is C27H31N3O2S. The molecule has 0 spiro atoms. The van der Waals surface area contributed by atoms with Crippen molar-refractivity contribution in [3.8, 4) is 0 Å². The number of anilines is 3. The molecule has 0 amide bonds. The van der Waals surface area contributed by atoms with E-state index in [2.05, 4.69) is 58.3 Å². The Kier molecular flexibility index (Phi) is 5.89. The van der Waals surface area contributed by atoms with Crippen LogP contribution in [0, 0.1) is 0 Å². The third-order valence-corrected chi connectivity index (χ3v) is 8.83. The van der Waals surface area contributed by atoms with Gasteiger partial charge in [-0.05, 0) is 66.6 Å². The number of nitrogens with zero attached hydrogens (tertiary/aromatic N) is 3. The maximum Gasteiger partial charge on any atom is 0.242 e. The van der Waals surface area contributed by atoms with Gasteiger partial charge in [-0.3, -0.25) is 0 Å². The second-order valence-electron chi connectivity index (χ2n) is 9.05. The quantitative estimate of drug-likeness (QED) is 0.537. The number of hydrogen-bond donors (Lipinski definition) is 0. The first-order valence-corrected chi connectivity index (χ1v) is 13.1. The molecule has 0 fully saturated rings. The fraction of sp³-hybridized carbons (Fsp3) is 0.333. The molecule has 0 radical (unpaired) electrons. The van der Waals surface area contributed by atoms with E-state index in [4.69, 9.17) is 0 Å². The van der Waals surface area contributed by atoms with Crippen LogP contribution in [0.25, 0.3) is 0 Å². The Labute approximate surface area is 197 Å². The molecular weight excluding hydrogens is 430 g/mol. The Morgan fingerprint density at radius 3 is 2.09 bits per heavy atom. The van der Waals surface area contributed by atoms with E-state index in [1.54, 1.807) is 13.1 Å². The van der Waals surface area contributed by atoms with E-state index in [1.807, 2.05) is 19.2 Å². The van der Waals surface area contributed by atoms with Crippen molar-refractivity contribution in [1.29, 1.82) is 0 Å². The van der Waals surface area contributed by atoms with E-state index >= 15 is 0 Å². The number of rotatable bonds is 6. The Bertz CT molecular complexity index is 1220. The lowest BCUT2D eigenvalue weighted by atomic mass is 10.0. The monoisotopic (exact) mass is 461 g/mol. The Balaban J connectivity index is 1.33. The van der Waals surface area contributed by atoms with Gasteiger partial charge in [0.05, 0.1) is 4.90 Å². The number of likely N-dealkylation sites (N-methyl/N-ethyl adjacent to an activating group) is 1. The predicted molar refractivity (Wildman–Crippen MR) is 135 cm³/mol. The summed E-state index contributed by atoms with van der Waals surface area (Å²) >= 11 is 0. The Morgan fingerprint density at radius 1 is 0.818 bits per heavy atom. The van der Waals surface area contributed by atoms with E-state index < -0.39 is 10.0 Å². The second-order valence-corrected chi connectivity index (χ2v) is 11.1. The summed E-state index contributed by atoms with van der Waals surface area (Å²) in [5.41, 5.74) is 7.40. The van der Waals surface area contributed by atoms with E-state index in [9.17, 15) is 8.42 Å². The third kappa shape index (κ3) is 4.13. The summed E-state index contributed by atoms with van der Waals surface area (Å²) < 4.78 is 28.0. The van der Waals surface area contributed by atoms with Crippen molar-refractivity contribution in [3.05, 3.63) is 83.4 Å². The molecule has 0 atom stereocenters. The number of sulfonamides is 1. The molecule has 172 valence electrons. The molecule has 6 heteroatoms. The standard InChI is InChI=1S/C27H31N3O2S/c1-28-19-16-23-14-15-24(20-27(23)28)33(31,32)29(2)17-7-18-30-25-10-5-3-8-21(25)12-13-22-9-4-6-11-26(22)30/h3-6,8-11,14-15,20H,7,12-13,16-19H2,1-2H3.